The van der Waals surface area contributed by atoms with Crippen LogP contribution >= 0.6 is 0 Å². The molecule has 0 N–H and O–H groups in total. The van der Waals surface area contributed by atoms with Crippen LogP contribution in [0, 0.1) is 0 Å². The normalized spacial score (nSPS) is 12.3. The second-order valence-electron chi connectivity index (χ2n) is 33.4. The zero-order valence-corrected chi connectivity index (χ0v) is 74.3. The fourth-order valence-corrected chi connectivity index (χ4v) is 16.6. The van der Waals surface area contributed by atoms with Gasteiger partial charge >= 0.3 is 11.9 Å². The molecule has 0 radical (unpaired) electrons. The summed E-state index contributed by atoms with van der Waals surface area (Å²) in [7, 11) is 0. The van der Waals surface area contributed by atoms with Gasteiger partial charge in [-0.1, -0.05) is 262 Å². The van der Waals surface area contributed by atoms with Crippen molar-refractivity contribution in [1.29, 1.82) is 0 Å². The van der Waals surface area contributed by atoms with Crippen LogP contribution in [0.25, 0.3) is 86.2 Å². The van der Waals surface area contributed by atoms with Gasteiger partial charge in [-0.15, -0.1) is 0 Å². The van der Waals surface area contributed by atoms with Crippen molar-refractivity contribution in [3.05, 3.63) is 83.9 Å². The van der Waals surface area contributed by atoms with E-state index in [1.54, 1.807) is 0 Å². The van der Waals surface area contributed by atoms with Crippen molar-refractivity contribution in [2.75, 3.05) is 52.9 Å². The Morgan fingerprint density at radius 3 is 0.517 bits per heavy atom. The number of benzene rings is 9. The Hall–Kier alpha value is -7.60. The summed E-state index contributed by atoms with van der Waals surface area (Å²) in [4.78, 5) is 33.1. The van der Waals surface area contributed by atoms with E-state index in [0.717, 1.165) is 332 Å². The van der Waals surface area contributed by atoms with E-state index in [1.165, 1.54) is 0 Å². The van der Waals surface area contributed by atoms with E-state index in [2.05, 4.69) is 142 Å². The van der Waals surface area contributed by atoms with Gasteiger partial charge in [0.2, 0.25) is 0 Å². The molecule has 116 heavy (non-hydrogen) atoms. The van der Waals surface area contributed by atoms with Crippen molar-refractivity contribution in [2.45, 2.75) is 365 Å². The molecule has 9 rings (SSSR count). The van der Waals surface area contributed by atoms with Gasteiger partial charge in [0.05, 0.1) is 76.2 Å². The summed E-state index contributed by atoms with van der Waals surface area (Å²) in [6.45, 7) is 30.7. The van der Waals surface area contributed by atoms with E-state index in [4.69, 9.17) is 47.4 Å². The van der Waals surface area contributed by atoms with Crippen LogP contribution in [0.1, 0.15) is 373 Å². The Kier molecular flexibility index (Phi) is 40.6. The van der Waals surface area contributed by atoms with Gasteiger partial charge in [0, 0.05) is 0 Å². The predicted molar refractivity (Wildman–Crippen MR) is 491 cm³/mol. The molecule has 0 unspecified atom stereocenters. The molecule has 9 aromatic rings. The fourth-order valence-electron chi connectivity index (χ4n) is 16.6. The van der Waals surface area contributed by atoms with Gasteiger partial charge in [0.25, 0.3) is 0 Å². The predicted octanol–water partition coefficient (Wildman–Crippen LogP) is 31.6. The molecule has 0 fully saturated rings. The minimum absolute atomic E-state index is 0.187. The third kappa shape index (κ3) is 26.2. The van der Waals surface area contributed by atoms with E-state index < -0.39 is 24.1 Å². The fraction of sp³-hybridized carbons (Fsp3) is 0.615. The van der Waals surface area contributed by atoms with Crippen LogP contribution in [0.5, 0.6) is 46.0 Å². The topological polar surface area (TPSA) is 126 Å². The standard InChI is InChI=1S/C104H150O12/c1-13-23-33-43-53-75(11)115-103(105)101-91-65-79-77(83-67-93(107-55-45-35-25-15-3)97(111-59-49-39-29-19-7)71-87(83)89-73-99(113-61-51-41-31-21-9)95(69-85(79)89)109-57-47-37-27-17-5)63-81(91)82-64-78-80(66-92(82)102(101)104(106)116-76(12)54-44-34-24-14-2)86-70-96(110-58-48-38-28-18-6)100(114-62-52-42-32-22-10)74-90(86)88-72-98(112-60-50-40-30-20-8)94(68-84(78)88)108-56-46-36-26-16-4/h63-76H,13-62H2,1-12H3/t75-,76-/m0/s1. The number of unbranched alkanes of at least 4 members (excludes halogenated alkanes) is 30. The molecule has 12 heteroatoms. The third-order valence-corrected chi connectivity index (χ3v) is 23.5. The minimum Gasteiger partial charge on any atom is -0.490 e. The van der Waals surface area contributed by atoms with Crippen LogP contribution in [0.3, 0.4) is 0 Å². The molecule has 0 aliphatic rings. The first-order valence-corrected chi connectivity index (χ1v) is 47.2. The number of hydrogen-bond acceptors (Lipinski definition) is 12. The summed E-state index contributed by atoms with van der Waals surface area (Å²) in [6.07, 6.45) is 42.5. The van der Waals surface area contributed by atoms with Crippen molar-refractivity contribution in [3.8, 4) is 46.0 Å². The first-order chi connectivity index (χ1) is 56.9. The molecular weight excluding hydrogens is 1440 g/mol. The summed E-state index contributed by atoms with van der Waals surface area (Å²) in [5, 5.41) is 14.0. The maximum Gasteiger partial charge on any atom is 0.339 e. The van der Waals surface area contributed by atoms with Crippen LogP contribution in [0.4, 0.5) is 0 Å². The third-order valence-electron chi connectivity index (χ3n) is 23.5. The molecule has 0 amide bonds. The van der Waals surface area contributed by atoms with Gasteiger partial charge in [-0.25, -0.2) is 9.59 Å². The molecule has 0 saturated carbocycles. The van der Waals surface area contributed by atoms with Gasteiger partial charge in [-0.2, -0.15) is 0 Å². The highest BCUT2D eigenvalue weighted by Gasteiger charge is 2.32. The second kappa shape index (κ2) is 51.0. The van der Waals surface area contributed by atoms with Crippen molar-refractivity contribution in [2.24, 2.45) is 0 Å². The molecular formula is C104H150O12. The van der Waals surface area contributed by atoms with Gasteiger partial charge in [0.15, 0.2) is 46.0 Å². The summed E-state index contributed by atoms with van der Waals surface area (Å²) >= 11 is 0. The Morgan fingerprint density at radius 1 is 0.198 bits per heavy atom. The Labute approximate surface area is 698 Å². The molecule has 0 bridgehead atoms. The minimum atomic E-state index is -0.563. The lowest BCUT2D eigenvalue weighted by Crippen LogP contribution is -2.22. The summed E-state index contributed by atoms with van der Waals surface area (Å²) in [6, 6.07) is 26.6. The van der Waals surface area contributed by atoms with Crippen molar-refractivity contribution in [1.82, 2.24) is 0 Å². The average Bonchev–Trinajstić information content (AvgIpc) is 0.698. The highest BCUT2D eigenvalue weighted by atomic mass is 16.6. The second-order valence-corrected chi connectivity index (χ2v) is 33.4. The number of hydrogen-bond donors (Lipinski definition) is 0. The number of carbonyl (C=O) groups excluding carboxylic acids is 2. The number of rotatable bonds is 62. The molecule has 12 nitrogen and oxygen atoms in total. The van der Waals surface area contributed by atoms with Crippen molar-refractivity contribution < 1.29 is 57.0 Å². The largest absolute Gasteiger partial charge is 0.490 e. The van der Waals surface area contributed by atoms with Crippen LogP contribution in [-0.4, -0.2) is 77.0 Å². The van der Waals surface area contributed by atoms with E-state index in [9.17, 15) is 0 Å². The van der Waals surface area contributed by atoms with Gasteiger partial charge < -0.3 is 47.4 Å². The van der Waals surface area contributed by atoms with Gasteiger partial charge in [-0.3, -0.25) is 0 Å². The highest BCUT2D eigenvalue weighted by molar-refractivity contribution is 6.35. The molecule has 0 spiro atoms. The summed E-state index contributed by atoms with van der Waals surface area (Å²) in [5.41, 5.74) is 0.375. The van der Waals surface area contributed by atoms with E-state index in [0.29, 0.717) is 122 Å². The Bertz CT molecular complexity index is 4190. The molecule has 0 heterocycles. The number of carbonyl (C=O) groups is 2. The van der Waals surface area contributed by atoms with Crippen molar-refractivity contribution in [3.63, 3.8) is 0 Å². The van der Waals surface area contributed by atoms with Crippen molar-refractivity contribution >= 4 is 98.1 Å². The number of ether oxygens (including phenoxy) is 10. The first kappa shape index (κ1) is 92.3. The summed E-state index contributed by atoms with van der Waals surface area (Å²) in [5.74, 6) is 4.42. The summed E-state index contributed by atoms with van der Waals surface area (Å²) < 4.78 is 69.6. The lowest BCUT2D eigenvalue weighted by atomic mass is 9.84. The van der Waals surface area contributed by atoms with Gasteiger partial charge in [0.1, 0.15) is 0 Å². The number of esters is 2. The van der Waals surface area contributed by atoms with E-state index in [-0.39, 0.29) is 11.1 Å². The molecule has 9 aromatic carbocycles. The lowest BCUT2D eigenvalue weighted by molar-refractivity contribution is 0.0274. The quantitative estimate of drug-likeness (QED) is 0.0156. The average molecular weight is 1590 g/mol. The SMILES string of the molecule is CCCCCCOc1cc2c3cc(OCCCCCC)c(OCCCCCC)cc3c3cc4c(cc3c2cc1OCCCCCC)c(C(=O)O[C@@H](C)CCCCCC)c(C(=O)O[C@@H](C)CCCCCC)c1cc2c3cc(OCCCCCC)c(OCCCCCC)cc3c3cc(OCCCCCC)c(OCCCCCC)cc3c2cc14. The molecule has 0 aliphatic heterocycles. The maximum absolute atomic E-state index is 16.6. The molecule has 0 saturated heterocycles. The monoisotopic (exact) mass is 1590 g/mol. The zero-order chi connectivity index (χ0) is 82.2. The molecule has 638 valence electrons. The van der Waals surface area contributed by atoms with E-state index in [1.807, 2.05) is 13.8 Å². The maximum atomic E-state index is 16.6. The van der Waals surface area contributed by atoms with Crippen LogP contribution in [0.15, 0.2) is 72.8 Å². The number of fused-ring (bicyclic) bond motifs is 15. The van der Waals surface area contributed by atoms with Gasteiger partial charge in [-0.05, 0) is 250 Å². The Balaban J connectivity index is 1.51. The Morgan fingerprint density at radius 2 is 0.345 bits per heavy atom. The van der Waals surface area contributed by atoms with Crippen LogP contribution in [0.2, 0.25) is 0 Å². The molecule has 0 aromatic heterocycles. The highest BCUT2D eigenvalue weighted by Crippen LogP contribution is 2.51. The van der Waals surface area contributed by atoms with Crippen LogP contribution < -0.4 is 37.9 Å². The van der Waals surface area contributed by atoms with E-state index >= 15 is 9.59 Å². The van der Waals surface area contributed by atoms with Crippen LogP contribution in [-0.2, 0) is 9.47 Å². The smallest absolute Gasteiger partial charge is 0.339 e. The molecule has 2 atom stereocenters. The first-order valence-electron chi connectivity index (χ1n) is 47.2. The zero-order valence-electron chi connectivity index (χ0n) is 74.3. The lowest BCUT2D eigenvalue weighted by Gasteiger charge is -2.23. The molecule has 0 aliphatic carbocycles.